The molecule has 0 radical (unpaired) electrons. The maximum atomic E-state index is 12.7. The Hall–Kier alpha value is -3.02. The van der Waals surface area contributed by atoms with Crippen molar-refractivity contribution in [1.82, 2.24) is 9.62 Å². The molecule has 0 aromatic heterocycles. The highest BCUT2D eigenvalue weighted by molar-refractivity contribution is 7.90. The number of carbonyl (C=O) groups is 1. The number of sulfonamides is 1. The number of ether oxygens (including phenoxy) is 1. The van der Waals surface area contributed by atoms with Crippen molar-refractivity contribution in [1.29, 1.82) is 0 Å². The average molecular weight is 489 g/mol. The van der Waals surface area contributed by atoms with Gasteiger partial charge < -0.3 is 10.1 Å². The van der Waals surface area contributed by atoms with Gasteiger partial charge in [0.25, 0.3) is 21.6 Å². The molecular formula is C23H28N4O6S. The third-order valence-electron chi connectivity index (χ3n) is 6.34. The molecule has 2 aliphatic rings. The highest BCUT2D eigenvalue weighted by atomic mass is 32.2. The van der Waals surface area contributed by atoms with Crippen LogP contribution < -0.4 is 10.0 Å². The van der Waals surface area contributed by atoms with Gasteiger partial charge in [-0.15, -0.1) is 0 Å². The lowest BCUT2D eigenvalue weighted by molar-refractivity contribution is -0.384. The summed E-state index contributed by atoms with van der Waals surface area (Å²) in [6.07, 6.45) is 3.06. The Bertz CT molecular complexity index is 1140. The van der Waals surface area contributed by atoms with Crippen molar-refractivity contribution in [2.45, 2.75) is 30.2 Å². The second-order valence-corrected chi connectivity index (χ2v) is 10.3. The van der Waals surface area contributed by atoms with Crippen LogP contribution in [0.3, 0.4) is 0 Å². The molecule has 0 spiro atoms. The molecule has 2 N–H and O–H groups in total. The molecule has 2 aromatic carbocycles. The molecule has 2 aliphatic heterocycles. The van der Waals surface area contributed by atoms with Crippen LogP contribution in [0, 0.1) is 16.0 Å². The largest absolute Gasteiger partial charge is 0.381 e. The summed E-state index contributed by atoms with van der Waals surface area (Å²) in [6, 6.07) is 12.0. The van der Waals surface area contributed by atoms with Crippen molar-refractivity contribution < 1.29 is 22.9 Å². The molecule has 4 rings (SSSR count). The molecular weight excluding hydrogens is 460 g/mol. The predicted octanol–water partition coefficient (Wildman–Crippen LogP) is 2.63. The number of rotatable bonds is 8. The van der Waals surface area contributed by atoms with Crippen LogP contribution in [0.15, 0.2) is 53.4 Å². The van der Waals surface area contributed by atoms with Crippen molar-refractivity contribution in [3.05, 3.63) is 64.2 Å². The Morgan fingerprint density at radius 2 is 1.85 bits per heavy atom. The van der Waals surface area contributed by atoms with E-state index in [1.165, 1.54) is 24.3 Å². The predicted molar refractivity (Wildman–Crippen MR) is 126 cm³/mol. The molecule has 0 saturated carbocycles. The Morgan fingerprint density at radius 3 is 2.56 bits per heavy atom. The SMILES string of the molecule is O=C(NS(=O)(=O)c1ccc(NCC2CCN(C3CCOCC3)C2)c([N+](=O)[O-])c1)c1ccccc1. The number of hydrogen-bond acceptors (Lipinski definition) is 8. The van der Waals surface area contributed by atoms with Gasteiger partial charge in [-0.05, 0) is 56.0 Å². The Labute approximate surface area is 198 Å². The van der Waals surface area contributed by atoms with Crippen molar-refractivity contribution in [3.8, 4) is 0 Å². The molecule has 1 unspecified atom stereocenters. The van der Waals surface area contributed by atoms with E-state index in [2.05, 4.69) is 10.2 Å². The minimum absolute atomic E-state index is 0.172. The lowest BCUT2D eigenvalue weighted by Crippen LogP contribution is -2.38. The highest BCUT2D eigenvalue weighted by Crippen LogP contribution is 2.29. The lowest BCUT2D eigenvalue weighted by Gasteiger charge is -2.31. The number of amides is 1. The van der Waals surface area contributed by atoms with Gasteiger partial charge in [0.1, 0.15) is 5.69 Å². The number of likely N-dealkylation sites (tertiary alicyclic amines) is 1. The van der Waals surface area contributed by atoms with E-state index in [0.29, 0.717) is 18.5 Å². The van der Waals surface area contributed by atoms with E-state index in [4.69, 9.17) is 4.74 Å². The standard InChI is InChI=1S/C23H28N4O6S/c28-23(18-4-2-1-3-5-18)25-34(31,32)20-6-7-21(22(14-20)27(29)30)24-15-17-8-11-26(16-17)19-9-12-33-13-10-19/h1-7,14,17,19,24H,8-13,15-16H2,(H,25,28). The fraction of sp³-hybridized carbons (Fsp3) is 0.435. The van der Waals surface area contributed by atoms with Crippen molar-refractivity contribution in [2.75, 3.05) is 38.2 Å². The first-order valence-corrected chi connectivity index (χ1v) is 12.8. The van der Waals surface area contributed by atoms with E-state index in [1.807, 2.05) is 4.72 Å². The maximum absolute atomic E-state index is 12.7. The first-order chi connectivity index (χ1) is 16.3. The molecule has 2 aromatic rings. The van der Waals surface area contributed by atoms with Crippen LogP contribution in [-0.4, -0.2) is 63.0 Å². The van der Waals surface area contributed by atoms with Gasteiger partial charge in [0, 0.05) is 44.0 Å². The first kappa shape index (κ1) is 24.1. The molecule has 11 heteroatoms. The number of benzene rings is 2. The second kappa shape index (κ2) is 10.5. The van der Waals surface area contributed by atoms with Crippen LogP contribution in [0.25, 0.3) is 0 Å². The fourth-order valence-electron chi connectivity index (χ4n) is 4.47. The van der Waals surface area contributed by atoms with Crippen molar-refractivity contribution in [2.24, 2.45) is 5.92 Å². The van der Waals surface area contributed by atoms with Gasteiger partial charge in [-0.1, -0.05) is 18.2 Å². The number of anilines is 1. The van der Waals surface area contributed by atoms with Crippen LogP contribution in [0.2, 0.25) is 0 Å². The first-order valence-electron chi connectivity index (χ1n) is 11.3. The number of nitro groups is 1. The van der Waals surface area contributed by atoms with Gasteiger partial charge in [0.15, 0.2) is 0 Å². The summed E-state index contributed by atoms with van der Waals surface area (Å²) in [4.78, 5) is 25.4. The molecule has 1 amide bonds. The normalized spacial score (nSPS) is 19.6. The zero-order valence-electron chi connectivity index (χ0n) is 18.7. The topological polar surface area (TPSA) is 131 Å². The van der Waals surface area contributed by atoms with E-state index in [-0.39, 0.29) is 21.8 Å². The molecule has 1 atom stereocenters. The summed E-state index contributed by atoms with van der Waals surface area (Å²) in [7, 11) is -4.28. The van der Waals surface area contributed by atoms with Gasteiger partial charge in [0.05, 0.1) is 9.82 Å². The van der Waals surface area contributed by atoms with Crippen LogP contribution in [0.5, 0.6) is 0 Å². The molecule has 2 saturated heterocycles. The molecule has 34 heavy (non-hydrogen) atoms. The molecule has 10 nitrogen and oxygen atoms in total. The molecule has 0 bridgehead atoms. The summed E-state index contributed by atoms with van der Waals surface area (Å²) >= 11 is 0. The van der Waals surface area contributed by atoms with E-state index < -0.39 is 20.9 Å². The quantitative estimate of drug-likeness (QED) is 0.428. The summed E-state index contributed by atoms with van der Waals surface area (Å²) in [6.45, 7) is 4.05. The third kappa shape index (κ3) is 5.72. The minimum atomic E-state index is -4.28. The van der Waals surface area contributed by atoms with Crippen LogP contribution in [-0.2, 0) is 14.8 Å². The zero-order chi connectivity index (χ0) is 24.1. The van der Waals surface area contributed by atoms with Gasteiger partial charge in [-0.2, -0.15) is 0 Å². The third-order valence-corrected chi connectivity index (χ3v) is 7.67. The highest BCUT2D eigenvalue weighted by Gasteiger charge is 2.30. The number of nitro benzene ring substituents is 1. The van der Waals surface area contributed by atoms with E-state index in [9.17, 15) is 23.3 Å². The van der Waals surface area contributed by atoms with Gasteiger partial charge >= 0.3 is 0 Å². The monoisotopic (exact) mass is 488 g/mol. The van der Waals surface area contributed by atoms with Gasteiger partial charge in [-0.3, -0.25) is 19.8 Å². The molecule has 182 valence electrons. The summed E-state index contributed by atoms with van der Waals surface area (Å²) < 4.78 is 32.7. The molecule has 2 fully saturated rings. The van der Waals surface area contributed by atoms with Gasteiger partial charge in [-0.25, -0.2) is 13.1 Å². The Balaban J connectivity index is 1.41. The number of carbonyl (C=O) groups excluding carboxylic acids is 1. The lowest BCUT2D eigenvalue weighted by atomic mass is 10.1. The van der Waals surface area contributed by atoms with E-state index in [1.54, 1.807) is 18.2 Å². The van der Waals surface area contributed by atoms with Crippen molar-refractivity contribution in [3.63, 3.8) is 0 Å². The molecule has 2 heterocycles. The van der Waals surface area contributed by atoms with Gasteiger partial charge in [0.2, 0.25) is 0 Å². The van der Waals surface area contributed by atoms with Crippen LogP contribution in [0.1, 0.15) is 29.6 Å². The van der Waals surface area contributed by atoms with Crippen LogP contribution in [0.4, 0.5) is 11.4 Å². The summed E-state index contributed by atoms with van der Waals surface area (Å²) in [5.41, 5.74) is 0.0717. The number of hydrogen-bond donors (Lipinski definition) is 2. The molecule has 0 aliphatic carbocycles. The second-order valence-electron chi connectivity index (χ2n) is 8.61. The van der Waals surface area contributed by atoms with E-state index in [0.717, 1.165) is 51.6 Å². The van der Waals surface area contributed by atoms with E-state index >= 15 is 0 Å². The Kier molecular flexibility index (Phi) is 7.44. The maximum Gasteiger partial charge on any atom is 0.293 e. The smallest absolute Gasteiger partial charge is 0.293 e. The van der Waals surface area contributed by atoms with Crippen LogP contribution >= 0.6 is 0 Å². The zero-order valence-corrected chi connectivity index (χ0v) is 19.5. The van der Waals surface area contributed by atoms with Crippen molar-refractivity contribution >= 4 is 27.3 Å². The Morgan fingerprint density at radius 1 is 1.12 bits per heavy atom. The minimum Gasteiger partial charge on any atom is -0.381 e. The number of nitrogens with zero attached hydrogens (tertiary/aromatic N) is 2. The summed E-state index contributed by atoms with van der Waals surface area (Å²) in [5, 5.41) is 14.8. The average Bonchev–Trinajstić information content (AvgIpc) is 3.32. The number of nitrogens with one attached hydrogen (secondary N) is 2. The fourth-order valence-corrected chi connectivity index (χ4v) is 5.47. The summed E-state index contributed by atoms with van der Waals surface area (Å²) in [5.74, 6) is -0.461.